The van der Waals surface area contributed by atoms with Crippen molar-refractivity contribution in [1.29, 1.82) is 0 Å². The maximum Gasteiger partial charge on any atom is 0.147 e. The van der Waals surface area contributed by atoms with Crippen LogP contribution in [-0.4, -0.2) is 0 Å². The van der Waals surface area contributed by atoms with Crippen LogP contribution in [0.1, 0.15) is 5.56 Å². The second-order valence-electron chi connectivity index (χ2n) is 3.75. The number of benzene rings is 2. The molecule has 0 aliphatic carbocycles. The molecule has 0 saturated heterocycles. The minimum Gasteiger partial charge on any atom is -0.455 e. The Bertz CT molecular complexity index is 619. The summed E-state index contributed by atoms with van der Waals surface area (Å²) in [4.78, 5) is 0. The highest BCUT2D eigenvalue weighted by atomic mass is 35.5. The van der Waals surface area contributed by atoms with Crippen molar-refractivity contribution < 1.29 is 9.13 Å². The molecule has 0 fully saturated rings. The van der Waals surface area contributed by atoms with Crippen molar-refractivity contribution in [3.8, 4) is 11.5 Å². The van der Waals surface area contributed by atoms with Gasteiger partial charge in [-0.25, -0.2) is 4.39 Å². The predicted octanol–water partition coefficient (Wildman–Crippen LogP) is 5.04. The summed E-state index contributed by atoms with van der Waals surface area (Å²) < 4.78 is 18.7. The largest absolute Gasteiger partial charge is 0.455 e. The van der Waals surface area contributed by atoms with Crippen LogP contribution in [0, 0.1) is 5.82 Å². The molecule has 2 rings (SSSR count). The van der Waals surface area contributed by atoms with Crippen LogP contribution >= 0.6 is 34.8 Å². The normalized spacial score (nSPS) is 10.6. The Kier molecular flexibility index (Phi) is 4.53. The van der Waals surface area contributed by atoms with E-state index in [1.165, 1.54) is 30.3 Å². The molecule has 0 heterocycles. The van der Waals surface area contributed by atoms with E-state index in [9.17, 15) is 4.39 Å². The lowest BCUT2D eigenvalue weighted by molar-refractivity contribution is 0.474. The van der Waals surface area contributed by atoms with Crippen molar-refractivity contribution in [2.75, 3.05) is 0 Å². The van der Waals surface area contributed by atoms with Gasteiger partial charge >= 0.3 is 0 Å². The first kappa shape index (κ1) is 14.4. The average Bonchev–Trinajstić information content (AvgIpc) is 2.37. The summed E-state index contributed by atoms with van der Waals surface area (Å²) in [6.45, 7) is 0.145. The SMILES string of the molecule is NCc1cc(F)ccc1Oc1cc(Cl)c(Cl)cc1Cl. The fraction of sp³-hybridized carbons (Fsp3) is 0.0769. The topological polar surface area (TPSA) is 35.2 Å². The first-order valence-electron chi connectivity index (χ1n) is 5.32. The molecule has 2 nitrogen and oxygen atoms in total. The molecule has 0 atom stereocenters. The van der Waals surface area contributed by atoms with E-state index in [1.54, 1.807) is 0 Å². The number of ether oxygens (including phenoxy) is 1. The van der Waals surface area contributed by atoms with E-state index < -0.39 is 0 Å². The molecule has 6 heteroatoms. The first-order chi connectivity index (χ1) is 9.01. The van der Waals surface area contributed by atoms with E-state index in [0.717, 1.165) is 0 Å². The molecule has 19 heavy (non-hydrogen) atoms. The first-order valence-corrected chi connectivity index (χ1v) is 6.45. The smallest absolute Gasteiger partial charge is 0.147 e. The van der Waals surface area contributed by atoms with Gasteiger partial charge in [-0.2, -0.15) is 0 Å². The molecule has 0 aliphatic rings. The average molecular weight is 321 g/mol. The summed E-state index contributed by atoms with van der Waals surface area (Å²) in [6.07, 6.45) is 0. The Balaban J connectivity index is 2.39. The summed E-state index contributed by atoms with van der Waals surface area (Å²) in [5, 5.41) is 0.955. The molecular formula is C13H9Cl3FNO. The lowest BCUT2D eigenvalue weighted by Crippen LogP contribution is -2.00. The van der Waals surface area contributed by atoms with Crippen LogP contribution in [0.15, 0.2) is 30.3 Å². The molecule has 2 aromatic rings. The van der Waals surface area contributed by atoms with E-state index in [1.807, 2.05) is 0 Å². The number of hydrogen-bond donors (Lipinski definition) is 1. The summed E-state index contributed by atoms with van der Waals surface area (Å²) in [7, 11) is 0. The molecule has 0 amide bonds. The Morgan fingerprint density at radius 3 is 2.32 bits per heavy atom. The molecule has 0 aromatic heterocycles. The van der Waals surface area contributed by atoms with E-state index >= 15 is 0 Å². The third-order valence-electron chi connectivity index (χ3n) is 2.44. The van der Waals surface area contributed by atoms with Gasteiger partial charge in [0.25, 0.3) is 0 Å². The van der Waals surface area contributed by atoms with E-state index in [0.29, 0.717) is 32.1 Å². The molecule has 0 aliphatic heterocycles. The summed E-state index contributed by atoms with van der Waals surface area (Å²) in [5.74, 6) is 0.370. The highest BCUT2D eigenvalue weighted by Crippen LogP contribution is 2.37. The molecule has 100 valence electrons. The monoisotopic (exact) mass is 319 g/mol. The predicted molar refractivity (Wildman–Crippen MR) is 75.8 cm³/mol. The van der Waals surface area contributed by atoms with Gasteiger partial charge in [0.1, 0.15) is 17.3 Å². The number of rotatable bonds is 3. The van der Waals surface area contributed by atoms with Crippen molar-refractivity contribution in [2.24, 2.45) is 5.73 Å². The van der Waals surface area contributed by atoms with Crippen LogP contribution in [0.4, 0.5) is 4.39 Å². The van der Waals surface area contributed by atoms with Gasteiger partial charge in [0.05, 0.1) is 15.1 Å². The standard InChI is InChI=1S/C13H9Cl3FNO/c14-9-4-11(16)13(5-10(9)15)19-12-2-1-8(17)3-7(12)6-18/h1-5H,6,18H2. The molecular weight excluding hydrogens is 312 g/mol. The van der Waals surface area contributed by atoms with E-state index in [4.69, 9.17) is 45.3 Å². The zero-order valence-electron chi connectivity index (χ0n) is 9.59. The van der Waals surface area contributed by atoms with Crippen LogP contribution in [0.2, 0.25) is 15.1 Å². The number of hydrogen-bond acceptors (Lipinski definition) is 2. The minimum absolute atomic E-state index is 0.145. The Morgan fingerprint density at radius 2 is 1.63 bits per heavy atom. The van der Waals surface area contributed by atoms with Gasteiger partial charge in [0.15, 0.2) is 0 Å². The second kappa shape index (κ2) is 5.97. The van der Waals surface area contributed by atoms with Gasteiger partial charge in [-0.05, 0) is 24.3 Å². The number of nitrogens with two attached hydrogens (primary N) is 1. The van der Waals surface area contributed by atoms with Crippen molar-refractivity contribution >= 4 is 34.8 Å². The fourth-order valence-electron chi connectivity index (χ4n) is 1.51. The number of halogens is 4. The summed E-state index contributed by atoms with van der Waals surface area (Å²) >= 11 is 17.7. The Hall–Kier alpha value is -1.000. The van der Waals surface area contributed by atoms with Crippen LogP contribution < -0.4 is 10.5 Å². The Labute approximate surface area is 124 Å². The van der Waals surface area contributed by atoms with Crippen molar-refractivity contribution in [3.63, 3.8) is 0 Å². The molecule has 0 saturated carbocycles. The maximum atomic E-state index is 13.1. The molecule has 0 radical (unpaired) electrons. The molecule has 2 aromatic carbocycles. The lowest BCUT2D eigenvalue weighted by atomic mass is 10.2. The van der Waals surface area contributed by atoms with Crippen LogP contribution in [0.3, 0.4) is 0 Å². The van der Waals surface area contributed by atoms with Crippen molar-refractivity contribution in [3.05, 3.63) is 56.8 Å². The lowest BCUT2D eigenvalue weighted by Gasteiger charge is -2.12. The van der Waals surface area contributed by atoms with Crippen molar-refractivity contribution in [2.45, 2.75) is 6.54 Å². The van der Waals surface area contributed by atoms with Gasteiger partial charge < -0.3 is 10.5 Å². The molecule has 0 unspecified atom stereocenters. The van der Waals surface area contributed by atoms with Crippen LogP contribution in [0.25, 0.3) is 0 Å². The highest BCUT2D eigenvalue weighted by molar-refractivity contribution is 6.43. The zero-order chi connectivity index (χ0) is 14.0. The van der Waals surface area contributed by atoms with Gasteiger partial charge in [0, 0.05) is 18.2 Å². The fourth-order valence-corrected chi connectivity index (χ4v) is 2.08. The molecule has 0 bridgehead atoms. The zero-order valence-corrected chi connectivity index (χ0v) is 11.9. The molecule has 0 spiro atoms. The van der Waals surface area contributed by atoms with E-state index in [2.05, 4.69) is 0 Å². The van der Waals surface area contributed by atoms with E-state index in [-0.39, 0.29) is 12.4 Å². The third-order valence-corrected chi connectivity index (χ3v) is 3.45. The van der Waals surface area contributed by atoms with Crippen LogP contribution in [0.5, 0.6) is 11.5 Å². The van der Waals surface area contributed by atoms with Gasteiger partial charge in [-0.15, -0.1) is 0 Å². The summed E-state index contributed by atoms with van der Waals surface area (Å²) in [5.41, 5.74) is 6.07. The van der Waals surface area contributed by atoms with Gasteiger partial charge in [-0.1, -0.05) is 34.8 Å². The highest BCUT2D eigenvalue weighted by Gasteiger charge is 2.11. The quantitative estimate of drug-likeness (QED) is 0.804. The Morgan fingerprint density at radius 1 is 0.947 bits per heavy atom. The third kappa shape index (κ3) is 3.31. The van der Waals surface area contributed by atoms with Gasteiger partial charge in [0.2, 0.25) is 0 Å². The minimum atomic E-state index is -0.381. The maximum absolute atomic E-state index is 13.1. The second-order valence-corrected chi connectivity index (χ2v) is 4.98. The van der Waals surface area contributed by atoms with Crippen molar-refractivity contribution in [1.82, 2.24) is 0 Å². The molecule has 2 N–H and O–H groups in total. The van der Waals surface area contributed by atoms with Gasteiger partial charge in [-0.3, -0.25) is 0 Å². The van der Waals surface area contributed by atoms with Crippen LogP contribution in [-0.2, 0) is 6.54 Å². The summed E-state index contributed by atoms with van der Waals surface area (Å²) in [6, 6.07) is 7.04.